The Labute approximate surface area is 133 Å². The van der Waals surface area contributed by atoms with Crippen molar-refractivity contribution < 1.29 is 9.90 Å². The van der Waals surface area contributed by atoms with E-state index in [1.165, 1.54) is 0 Å². The van der Waals surface area contributed by atoms with Crippen LogP contribution in [0.1, 0.15) is 6.92 Å². The van der Waals surface area contributed by atoms with Crippen molar-refractivity contribution in [1.29, 1.82) is 0 Å². The average molecular weight is 313 g/mol. The third kappa shape index (κ3) is 3.40. The summed E-state index contributed by atoms with van der Waals surface area (Å²) < 4.78 is 3.47. The monoisotopic (exact) mass is 313 g/mol. The van der Waals surface area contributed by atoms with E-state index >= 15 is 0 Å². The van der Waals surface area contributed by atoms with Gasteiger partial charge in [0.2, 0.25) is 5.91 Å². The predicted octanol–water partition coefficient (Wildman–Crippen LogP) is 0.800. The zero-order valence-electron chi connectivity index (χ0n) is 12.9. The Morgan fingerprint density at radius 1 is 1.35 bits per heavy atom. The first-order chi connectivity index (χ1) is 11.1. The zero-order chi connectivity index (χ0) is 16.3. The summed E-state index contributed by atoms with van der Waals surface area (Å²) in [5.41, 5.74) is 1.07. The highest BCUT2D eigenvalue weighted by atomic mass is 16.3. The molecular weight excluding hydrogens is 294 g/mol. The Morgan fingerprint density at radius 2 is 2.17 bits per heavy atom. The molecule has 1 amide bonds. The minimum absolute atomic E-state index is 0.118. The number of nitrogens with zero attached hydrogens (tertiary/aromatic N) is 4. The van der Waals surface area contributed by atoms with Gasteiger partial charge >= 0.3 is 0 Å². The molecule has 7 nitrogen and oxygen atoms in total. The van der Waals surface area contributed by atoms with E-state index in [0.29, 0.717) is 6.54 Å². The molecule has 0 saturated carbocycles. The lowest BCUT2D eigenvalue weighted by Gasteiger charge is -2.29. The second-order valence-electron chi connectivity index (χ2n) is 5.83. The van der Waals surface area contributed by atoms with Crippen molar-refractivity contribution in [2.75, 3.05) is 6.61 Å². The van der Waals surface area contributed by atoms with E-state index in [2.05, 4.69) is 15.4 Å². The highest BCUT2D eigenvalue weighted by molar-refractivity contribution is 5.77. The van der Waals surface area contributed by atoms with Gasteiger partial charge in [-0.05, 0) is 25.1 Å². The van der Waals surface area contributed by atoms with Crippen LogP contribution in [0.2, 0.25) is 0 Å². The normalized spacial score (nSPS) is 13.8. The smallest absolute Gasteiger partial charge is 0.242 e. The van der Waals surface area contributed by atoms with Crippen LogP contribution in [-0.2, 0) is 17.9 Å². The summed E-state index contributed by atoms with van der Waals surface area (Å²) in [6.07, 6.45) is 5.06. The van der Waals surface area contributed by atoms with Gasteiger partial charge in [0, 0.05) is 18.9 Å². The summed E-state index contributed by atoms with van der Waals surface area (Å²) in [5, 5.41) is 16.7. The Hall–Kier alpha value is -2.67. The van der Waals surface area contributed by atoms with E-state index < -0.39 is 5.54 Å². The lowest BCUT2D eigenvalue weighted by Crippen LogP contribution is -2.52. The number of benzene rings is 1. The molecule has 0 fully saturated rings. The van der Waals surface area contributed by atoms with Crippen molar-refractivity contribution in [1.82, 2.24) is 24.6 Å². The van der Waals surface area contributed by atoms with Gasteiger partial charge in [-0.15, -0.1) is 0 Å². The molecule has 3 rings (SSSR count). The molecule has 120 valence electrons. The van der Waals surface area contributed by atoms with E-state index in [1.807, 2.05) is 35.8 Å². The van der Waals surface area contributed by atoms with Crippen molar-refractivity contribution in [2.45, 2.75) is 25.6 Å². The fourth-order valence-electron chi connectivity index (χ4n) is 2.56. The molecule has 0 radical (unpaired) electrons. The fourth-order valence-corrected chi connectivity index (χ4v) is 2.56. The molecule has 0 bridgehead atoms. The summed E-state index contributed by atoms with van der Waals surface area (Å²) in [6, 6.07) is 9.52. The number of nitrogens with one attached hydrogen (secondary N) is 1. The molecule has 2 aromatic heterocycles. The number of fused-ring (bicyclic) bond motifs is 1. The number of hydrogen-bond acceptors (Lipinski definition) is 4. The number of hydrogen-bond donors (Lipinski definition) is 2. The summed E-state index contributed by atoms with van der Waals surface area (Å²) in [6.45, 7) is 2.18. The van der Waals surface area contributed by atoms with Crippen LogP contribution in [0.15, 0.2) is 49.1 Å². The van der Waals surface area contributed by atoms with Crippen LogP contribution in [0.25, 0.3) is 11.0 Å². The maximum Gasteiger partial charge on any atom is 0.242 e. The van der Waals surface area contributed by atoms with Crippen molar-refractivity contribution in [3.8, 4) is 0 Å². The van der Waals surface area contributed by atoms with E-state index in [9.17, 15) is 9.90 Å². The first-order valence-corrected chi connectivity index (χ1v) is 7.39. The quantitative estimate of drug-likeness (QED) is 0.705. The number of amides is 1. The molecule has 2 heterocycles. The van der Waals surface area contributed by atoms with Gasteiger partial charge in [0.25, 0.3) is 0 Å². The number of carbonyl (C=O) groups is 1. The maximum absolute atomic E-state index is 12.2. The van der Waals surface area contributed by atoms with Gasteiger partial charge in [-0.25, -0.2) is 4.98 Å². The maximum atomic E-state index is 12.2. The molecule has 0 saturated heterocycles. The Morgan fingerprint density at radius 3 is 2.91 bits per heavy atom. The largest absolute Gasteiger partial charge is 0.394 e. The van der Waals surface area contributed by atoms with Crippen LogP contribution in [0.4, 0.5) is 0 Å². The summed E-state index contributed by atoms with van der Waals surface area (Å²) in [4.78, 5) is 16.5. The van der Waals surface area contributed by atoms with E-state index in [0.717, 1.165) is 11.0 Å². The molecule has 2 N–H and O–H groups in total. The summed E-state index contributed by atoms with van der Waals surface area (Å²) in [7, 11) is 0. The zero-order valence-corrected chi connectivity index (χ0v) is 12.9. The van der Waals surface area contributed by atoms with E-state index in [-0.39, 0.29) is 19.1 Å². The van der Waals surface area contributed by atoms with Gasteiger partial charge in [-0.3, -0.25) is 9.48 Å². The van der Waals surface area contributed by atoms with Crippen molar-refractivity contribution >= 4 is 16.9 Å². The SMILES string of the molecule is CC(CO)(Cn1cnc2ccccc21)NC(=O)Cn1cccn1. The number of rotatable bonds is 6. The minimum atomic E-state index is -0.784. The van der Waals surface area contributed by atoms with Crippen molar-refractivity contribution in [3.63, 3.8) is 0 Å². The van der Waals surface area contributed by atoms with Crippen LogP contribution >= 0.6 is 0 Å². The van der Waals surface area contributed by atoms with Gasteiger partial charge in [0.1, 0.15) is 6.54 Å². The number of aliphatic hydroxyl groups excluding tert-OH is 1. The molecule has 0 spiro atoms. The van der Waals surface area contributed by atoms with Gasteiger partial charge in [-0.1, -0.05) is 12.1 Å². The fraction of sp³-hybridized carbons (Fsp3) is 0.312. The molecule has 7 heteroatoms. The van der Waals surface area contributed by atoms with Gasteiger partial charge < -0.3 is 15.0 Å². The standard InChI is InChI=1S/C16H19N5O2/c1-16(11-22,19-15(23)9-21-8-4-7-18-21)10-20-12-17-13-5-2-3-6-14(13)20/h2-8,12,22H,9-11H2,1H3,(H,19,23). The van der Waals surface area contributed by atoms with Crippen LogP contribution in [0.5, 0.6) is 0 Å². The first kappa shape index (κ1) is 15.2. The van der Waals surface area contributed by atoms with Crippen LogP contribution in [-0.4, -0.2) is 42.5 Å². The van der Waals surface area contributed by atoms with Crippen molar-refractivity contribution in [2.24, 2.45) is 0 Å². The second-order valence-corrected chi connectivity index (χ2v) is 5.83. The molecule has 1 unspecified atom stereocenters. The number of aromatic nitrogens is 4. The van der Waals surface area contributed by atoms with E-state index in [4.69, 9.17) is 0 Å². The molecule has 23 heavy (non-hydrogen) atoms. The summed E-state index contributed by atoms with van der Waals surface area (Å²) >= 11 is 0. The molecule has 1 aromatic carbocycles. The van der Waals surface area contributed by atoms with Gasteiger partial charge in [0.05, 0.1) is 29.5 Å². The lowest BCUT2D eigenvalue weighted by molar-refractivity contribution is -0.124. The Balaban J connectivity index is 1.73. The number of aliphatic hydroxyl groups is 1. The average Bonchev–Trinajstić information content (AvgIpc) is 3.17. The number of carbonyl (C=O) groups excluding carboxylic acids is 1. The van der Waals surface area contributed by atoms with Crippen LogP contribution in [0, 0.1) is 0 Å². The highest BCUT2D eigenvalue weighted by Gasteiger charge is 2.27. The van der Waals surface area contributed by atoms with Crippen LogP contribution < -0.4 is 5.32 Å². The second kappa shape index (κ2) is 6.21. The highest BCUT2D eigenvalue weighted by Crippen LogP contribution is 2.15. The minimum Gasteiger partial charge on any atom is -0.394 e. The summed E-state index contributed by atoms with van der Waals surface area (Å²) in [5.74, 6) is -0.199. The third-order valence-electron chi connectivity index (χ3n) is 3.70. The van der Waals surface area contributed by atoms with Crippen molar-refractivity contribution in [3.05, 3.63) is 49.1 Å². The molecule has 0 aliphatic carbocycles. The predicted molar refractivity (Wildman–Crippen MR) is 85.6 cm³/mol. The Kier molecular flexibility index (Phi) is 4.12. The van der Waals surface area contributed by atoms with Crippen LogP contribution in [0.3, 0.4) is 0 Å². The van der Waals surface area contributed by atoms with Gasteiger partial charge in [-0.2, -0.15) is 5.10 Å². The first-order valence-electron chi connectivity index (χ1n) is 7.39. The molecule has 3 aromatic rings. The number of para-hydroxylation sites is 2. The van der Waals surface area contributed by atoms with Gasteiger partial charge in [0.15, 0.2) is 0 Å². The molecule has 0 aliphatic heterocycles. The Bertz CT molecular complexity index is 796. The van der Waals surface area contributed by atoms with E-state index in [1.54, 1.807) is 29.5 Å². The topological polar surface area (TPSA) is 85.0 Å². The lowest BCUT2D eigenvalue weighted by atomic mass is 10.0. The number of imidazole rings is 1. The molecule has 1 atom stereocenters. The third-order valence-corrected chi connectivity index (χ3v) is 3.70. The molecular formula is C16H19N5O2. The molecule has 0 aliphatic rings.